The monoisotopic (exact) mass is 436 g/mol. The van der Waals surface area contributed by atoms with E-state index < -0.39 is 0 Å². The molecule has 0 spiro atoms. The van der Waals surface area contributed by atoms with Crippen LogP contribution in [0, 0.1) is 5.92 Å². The minimum absolute atomic E-state index is 0.238. The fourth-order valence-electron chi connectivity index (χ4n) is 4.47. The van der Waals surface area contributed by atoms with Crippen molar-refractivity contribution in [1.82, 2.24) is 5.32 Å². The van der Waals surface area contributed by atoms with Crippen LogP contribution in [0.4, 0.5) is 0 Å². The van der Waals surface area contributed by atoms with E-state index in [2.05, 4.69) is 28.3 Å². The Hall–Kier alpha value is -2.89. The molecule has 1 aliphatic carbocycles. The number of Topliss-reactive ketones (excluding diaryl/α,β-unsaturated/α-hetero) is 1. The van der Waals surface area contributed by atoms with Crippen LogP contribution in [0.3, 0.4) is 0 Å². The smallest absolute Gasteiger partial charge is 0.162 e. The third-order valence-corrected chi connectivity index (χ3v) is 6.29. The largest absolute Gasteiger partial charge is 0.508 e. The van der Waals surface area contributed by atoms with Gasteiger partial charge in [0.1, 0.15) is 17.4 Å². The molecule has 6 heteroatoms. The van der Waals surface area contributed by atoms with Gasteiger partial charge in [0.2, 0.25) is 0 Å². The topological polar surface area (TPSA) is 100 Å². The molecule has 0 aromatic rings. The lowest BCUT2D eigenvalue weighted by Gasteiger charge is -2.26. The molecule has 0 saturated heterocycles. The number of allylic oxidation sites excluding steroid dienone is 6. The van der Waals surface area contributed by atoms with Gasteiger partial charge in [0, 0.05) is 25.9 Å². The molecule has 0 amide bonds. The first-order chi connectivity index (χ1) is 15.5. The van der Waals surface area contributed by atoms with Crippen molar-refractivity contribution in [2.75, 3.05) is 13.1 Å². The number of ketones is 1. The van der Waals surface area contributed by atoms with E-state index in [0.717, 1.165) is 67.6 Å². The number of aliphatic hydroxyl groups excluding tert-OH is 1. The number of nitrogens with two attached hydrogens (primary N) is 1. The van der Waals surface area contributed by atoms with E-state index >= 15 is 0 Å². The number of aliphatic imine (C=N–C) groups is 2. The van der Waals surface area contributed by atoms with E-state index in [-0.39, 0.29) is 11.5 Å². The van der Waals surface area contributed by atoms with Gasteiger partial charge >= 0.3 is 0 Å². The maximum Gasteiger partial charge on any atom is 0.162 e. The van der Waals surface area contributed by atoms with Gasteiger partial charge in [-0.15, -0.1) is 0 Å². The second-order valence-electron chi connectivity index (χ2n) is 8.60. The molecule has 3 aliphatic rings. The molecule has 0 saturated carbocycles. The second-order valence-corrected chi connectivity index (χ2v) is 8.60. The number of hydrogen-bond donors (Lipinski definition) is 3. The Morgan fingerprint density at radius 2 is 2.12 bits per heavy atom. The minimum atomic E-state index is 0.238. The molecule has 32 heavy (non-hydrogen) atoms. The summed E-state index contributed by atoms with van der Waals surface area (Å²) in [5, 5.41) is 13.1. The maximum atomic E-state index is 12.9. The number of hydrogen-bond acceptors (Lipinski definition) is 5. The number of nitrogens with zero attached hydrogens (tertiary/aromatic N) is 2. The predicted octanol–water partition coefficient (Wildman–Crippen LogP) is 4.82. The zero-order valence-corrected chi connectivity index (χ0v) is 19.4. The highest BCUT2D eigenvalue weighted by molar-refractivity contribution is 6.07. The lowest BCUT2D eigenvalue weighted by atomic mass is 9.85. The highest BCUT2D eigenvalue weighted by Crippen LogP contribution is 2.29. The normalized spacial score (nSPS) is 26.1. The number of amidine groups is 2. The van der Waals surface area contributed by atoms with Crippen LogP contribution in [0.15, 0.2) is 68.5 Å². The van der Waals surface area contributed by atoms with Crippen molar-refractivity contribution in [3.63, 3.8) is 0 Å². The Kier molecular flexibility index (Phi) is 8.65. The summed E-state index contributed by atoms with van der Waals surface area (Å²) in [5.74, 6) is 2.01. The molecular formula is C26H36N4O2. The summed E-state index contributed by atoms with van der Waals surface area (Å²) >= 11 is 0. The molecule has 0 radical (unpaired) electrons. The first kappa shape index (κ1) is 23.8. The Labute approximate surface area is 191 Å². The Morgan fingerprint density at radius 1 is 1.31 bits per heavy atom. The third-order valence-electron chi connectivity index (χ3n) is 6.29. The van der Waals surface area contributed by atoms with Gasteiger partial charge in [-0.25, -0.2) is 4.99 Å². The van der Waals surface area contributed by atoms with E-state index in [4.69, 9.17) is 5.73 Å². The zero-order valence-electron chi connectivity index (χ0n) is 19.4. The number of nitrogens with one attached hydrogen (secondary N) is 1. The van der Waals surface area contributed by atoms with E-state index in [1.807, 2.05) is 13.0 Å². The van der Waals surface area contributed by atoms with Crippen molar-refractivity contribution in [1.29, 1.82) is 0 Å². The van der Waals surface area contributed by atoms with Gasteiger partial charge in [-0.1, -0.05) is 25.2 Å². The molecule has 2 heterocycles. The van der Waals surface area contributed by atoms with Crippen molar-refractivity contribution in [3.05, 3.63) is 58.6 Å². The van der Waals surface area contributed by atoms with Crippen LogP contribution in [-0.4, -0.2) is 35.7 Å². The molecule has 0 bridgehead atoms. The van der Waals surface area contributed by atoms with Gasteiger partial charge in [0.05, 0.1) is 5.70 Å². The summed E-state index contributed by atoms with van der Waals surface area (Å²) in [6.45, 7) is 5.25. The number of aliphatic hydroxyl groups is 1. The first-order valence-corrected chi connectivity index (χ1v) is 11.8. The SMILES string of the molecule is C\C=C/C(O)=C\C=C\C1CCC(N=C(N)/C2=C(\CC)CC(=O)C3=C(CCCC3)CN2)=NC1. The van der Waals surface area contributed by atoms with Crippen LogP contribution >= 0.6 is 0 Å². The molecule has 172 valence electrons. The van der Waals surface area contributed by atoms with E-state index in [9.17, 15) is 9.90 Å². The lowest BCUT2D eigenvalue weighted by molar-refractivity contribution is -0.115. The maximum absolute atomic E-state index is 12.9. The summed E-state index contributed by atoms with van der Waals surface area (Å²) in [5.41, 5.74) is 10.5. The Bertz CT molecular complexity index is 931. The zero-order chi connectivity index (χ0) is 22.9. The lowest BCUT2D eigenvalue weighted by Crippen LogP contribution is -2.33. The minimum Gasteiger partial charge on any atom is -0.508 e. The first-order valence-electron chi connectivity index (χ1n) is 11.8. The number of carbonyl (C=O) groups excluding carboxylic acids is 1. The fourth-order valence-corrected chi connectivity index (χ4v) is 4.47. The summed E-state index contributed by atoms with van der Waals surface area (Å²) in [6.07, 6.45) is 16.1. The van der Waals surface area contributed by atoms with Crippen LogP contribution in [0.2, 0.25) is 0 Å². The highest BCUT2D eigenvalue weighted by atomic mass is 16.3. The predicted molar refractivity (Wildman–Crippen MR) is 132 cm³/mol. The van der Waals surface area contributed by atoms with Crippen LogP contribution in [0.5, 0.6) is 0 Å². The molecule has 6 nitrogen and oxygen atoms in total. The average Bonchev–Trinajstić information content (AvgIpc) is 2.78. The summed E-state index contributed by atoms with van der Waals surface area (Å²) in [4.78, 5) is 22.1. The van der Waals surface area contributed by atoms with Crippen molar-refractivity contribution in [2.24, 2.45) is 21.6 Å². The average molecular weight is 437 g/mol. The van der Waals surface area contributed by atoms with Gasteiger partial charge in [0.15, 0.2) is 5.78 Å². The van der Waals surface area contributed by atoms with Crippen molar-refractivity contribution in [2.45, 2.75) is 65.2 Å². The molecule has 2 aliphatic heterocycles. The van der Waals surface area contributed by atoms with Crippen LogP contribution in [0.25, 0.3) is 0 Å². The van der Waals surface area contributed by atoms with Crippen molar-refractivity contribution < 1.29 is 9.90 Å². The standard InChI is InChI=1S/C26H36N4O2/c1-3-8-21(31)11-7-9-18-13-14-24(28-16-18)30-26(27)25-19(4-2)15-23(32)22-12-6-5-10-20(22)17-29-25/h3,7-9,11,18,29,31H,4-6,10,12-17H2,1-2H3,(H2,27,28,30)/b8-3-,9-7+,21-11+,25-19-. The second kappa shape index (κ2) is 11.7. The summed E-state index contributed by atoms with van der Waals surface area (Å²) in [7, 11) is 0. The molecule has 0 aromatic carbocycles. The molecule has 0 aromatic heterocycles. The van der Waals surface area contributed by atoms with Gasteiger partial charge in [0.25, 0.3) is 0 Å². The highest BCUT2D eigenvalue weighted by Gasteiger charge is 2.24. The van der Waals surface area contributed by atoms with Gasteiger partial charge in [-0.2, -0.15) is 0 Å². The van der Waals surface area contributed by atoms with Crippen molar-refractivity contribution in [3.8, 4) is 0 Å². The molecule has 1 atom stereocenters. The Balaban J connectivity index is 1.70. The molecular weight excluding hydrogens is 400 g/mol. The summed E-state index contributed by atoms with van der Waals surface area (Å²) < 4.78 is 0. The quantitative estimate of drug-likeness (QED) is 0.249. The van der Waals surface area contributed by atoms with E-state index in [1.165, 1.54) is 5.57 Å². The van der Waals surface area contributed by atoms with Crippen LogP contribution in [0.1, 0.15) is 65.2 Å². The van der Waals surface area contributed by atoms with Crippen LogP contribution in [-0.2, 0) is 4.79 Å². The van der Waals surface area contributed by atoms with E-state index in [0.29, 0.717) is 31.3 Å². The van der Waals surface area contributed by atoms with Crippen LogP contribution < -0.4 is 11.1 Å². The van der Waals surface area contributed by atoms with E-state index in [1.54, 1.807) is 18.2 Å². The molecule has 0 fully saturated rings. The fraction of sp³-hybridized carbons (Fsp3) is 0.500. The van der Waals surface area contributed by atoms with Gasteiger partial charge < -0.3 is 16.2 Å². The van der Waals surface area contributed by atoms with Gasteiger partial charge in [-0.05, 0) is 80.2 Å². The third kappa shape index (κ3) is 6.31. The summed E-state index contributed by atoms with van der Waals surface area (Å²) in [6, 6.07) is 0. The molecule has 4 N–H and O–H groups in total. The molecule has 3 rings (SSSR count). The Morgan fingerprint density at radius 3 is 2.84 bits per heavy atom. The number of rotatable bonds is 5. The van der Waals surface area contributed by atoms with Crippen molar-refractivity contribution >= 4 is 17.5 Å². The number of carbonyl (C=O) groups is 1. The molecule has 1 unspecified atom stereocenters. The van der Waals surface area contributed by atoms with Gasteiger partial charge in [-0.3, -0.25) is 9.79 Å².